The van der Waals surface area contributed by atoms with E-state index in [0.29, 0.717) is 11.3 Å². The van der Waals surface area contributed by atoms with E-state index < -0.39 is 30.1 Å². The number of fused-ring (bicyclic) bond motifs is 1. The van der Waals surface area contributed by atoms with Gasteiger partial charge in [0.2, 0.25) is 0 Å². The lowest BCUT2D eigenvalue weighted by molar-refractivity contribution is -0.127. The van der Waals surface area contributed by atoms with Crippen molar-refractivity contribution in [3.63, 3.8) is 0 Å². The van der Waals surface area contributed by atoms with Gasteiger partial charge in [0.15, 0.2) is 5.78 Å². The van der Waals surface area contributed by atoms with Gasteiger partial charge in [0.25, 0.3) is 0 Å². The molecular formula is C21H27NO6. The van der Waals surface area contributed by atoms with Crippen LogP contribution in [-0.4, -0.2) is 59.5 Å². The third kappa shape index (κ3) is 4.99. The number of aliphatic hydroxyl groups is 2. The standard InChI is InChI=1S/C21H27NO6/c1-12-8-9-17(24)20(26)16(23)7-5-6-14-10-15(22(3)4)11-18(25)19(14)21(27)28-13(12)2/h5-6,8-13,16,20,23,25-26H,7H2,1-4H3/b6-5+,9-8-/t12-,13+,16+,20+/m1/s1. The van der Waals surface area contributed by atoms with Crippen LogP contribution in [0.15, 0.2) is 30.4 Å². The van der Waals surface area contributed by atoms with Crippen molar-refractivity contribution in [1.29, 1.82) is 0 Å². The molecule has 0 spiro atoms. The van der Waals surface area contributed by atoms with E-state index in [1.54, 1.807) is 45.0 Å². The van der Waals surface area contributed by atoms with Crippen LogP contribution in [0.5, 0.6) is 5.75 Å². The minimum Gasteiger partial charge on any atom is -0.507 e. The van der Waals surface area contributed by atoms with Gasteiger partial charge in [-0.1, -0.05) is 25.2 Å². The zero-order chi connectivity index (χ0) is 21.0. The maximum atomic E-state index is 12.7. The Bertz CT molecular complexity index is 798. The van der Waals surface area contributed by atoms with Gasteiger partial charge < -0.3 is 25.0 Å². The summed E-state index contributed by atoms with van der Waals surface area (Å²) < 4.78 is 5.48. The van der Waals surface area contributed by atoms with Crippen molar-refractivity contribution in [2.45, 2.75) is 38.6 Å². The van der Waals surface area contributed by atoms with Crippen molar-refractivity contribution in [3.05, 3.63) is 41.5 Å². The fourth-order valence-corrected chi connectivity index (χ4v) is 2.74. The van der Waals surface area contributed by atoms with Crippen LogP contribution >= 0.6 is 0 Å². The lowest BCUT2D eigenvalue weighted by Crippen LogP contribution is -2.32. The fraction of sp³-hybridized carbons (Fsp3) is 0.429. The molecule has 0 amide bonds. The second-order valence-electron chi connectivity index (χ2n) is 7.20. The summed E-state index contributed by atoms with van der Waals surface area (Å²) in [4.78, 5) is 26.5. The van der Waals surface area contributed by atoms with E-state index in [1.807, 2.05) is 0 Å². The molecule has 1 aromatic rings. The normalized spacial score (nSPS) is 28.6. The average Bonchev–Trinajstić information content (AvgIpc) is 2.63. The largest absolute Gasteiger partial charge is 0.507 e. The molecule has 3 N–H and O–H groups in total. The van der Waals surface area contributed by atoms with Crippen LogP contribution in [-0.2, 0) is 9.53 Å². The van der Waals surface area contributed by atoms with Crippen LogP contribution < -0.4 is 4.90 Å². The van der Waals surface area contributed by atoms with Gasteiger partial charge in [-0.3, -0.25) is 4.79 Å². The Hall–Kier alpha value is -2.64. The predicted octanol–water partition coefficient (Wildman–Crippen LogP) is 1.90. The first kappa shape index (κ1) is 21.7. The van der Waals surface area contributed by atoms with Gasteiger partial charge >= 0.3 is 5.97 Å². The maximum Gasteiger partial charge on any atom is 0.342 e. The molecule has 28 heavy (non-hydrogen) atoms. The van der Waals surface area contributed by atoms with E-state index in [1.165, 1.54) is 24.3 Å². The topological polar surface area (TPSA) is 107 Å². The first-order valence-electron chi connectivity index (χ1n) is 9.11. The van der Waals surface area contributed by atoms with E-state index in [0.717, 1.165) is 0 Å². The van der Waals surface area contributed by atoms with Gasteiger partial charge in [0.05, 0.1) is 6.10 Å². The molecule has 0 aliphatic carbocycles. The van der Waals surface area contributed by atoms with Crippen molar-refractivity contribution in [2.24, 2.45) is 5.92 Å². The molecule has 0 bridgehead atoms. The maximum absolute atomic E-state index is 12.7. The number of carbonyl (C=O) groups excluding carboxylic acids is 2. The molecule has 1 aliphatic rings. The molecular weight excluding hydrogens is 362 g/mol. The molecule has 0 aromatic heterocycles. The van der Waals surface area contributed by atoms with Gasteiger partial charge in [0, 0.05) is 31.8 Å². The van der Waals surface area contributed by atoms with Crippen molar-refractivity contribution >= 4 is 23.5 Å². The molecule has 7 nitrogen and oxygen atoms in total. The molecule has 152 valence electrons. The molecule has 0 fully saturated rings. The molecule has 2 rings (SSSR count). The van der Waals surface area contributed by atoms with Gasteiger partial charge in [-0.05, 0) is 31.1 Å². The fourth-order valence-electron chi connectivity index (χ4n) is 2.74. The summed E-state index contributed by atoms with van der Waals surface area (Å²) in [5, 5.41) is 30.5. The number of aromatic hydroxyl groups is 1. The van der Waals surface area contributed by atoms with Crippen molar-refractivity contribution < 1.29 is 29.6 Å². The molecule has 1 aliphatic heterocycles. The Morgan fingerprint density at radius 1 is 1.11 bits per heavy atom. The second-order valence-corrected chi connectivity index (χ2v) is 7.20. The van der Waals surface area contributed by atoms with Crippen LogP contribution in [0, 0.1) is 5.92 Å². The minimum atomic E-state index is -1.55. The average molecular weight is 389 g/mol. The van der Waals surface area contributed by atoms with Crippen molar-refractivity contribution in [2.75, 3.05) is 19.0 Å². The number of benzene rings is 1. The van der Waals surface area contributed by atoms with Crippen molar-refractivity contribution in [3.8, 4) is 5.75 Å². The number of phenolic OH excluding ortho intramolecular Hbond substituents is 1. The molecule has 0 saturated carbocycles. The number of ether oxygens (including phenoxy) is 1. The molecule has 1 heterocycles. The first-order valence-corrected chi connectivity index (χ1v) is 9.11. The highest BCUT2D eigenvalue weighted by atomic mass is 16.5. The van der Waals surface area contributed by atoms with Gasteiger partial charge in [-0.15, -0.1) is 0 Å². The molecule has 0 unspecified atom stereocenters. The highest BCUT2D eigenvalue weighted by molar-refractivity contribution is 5.97. The zero-order valence-electron chi connectivity index (χ0n) is 16.5. The van der Waals surface area contributed by atoms with Crippen molar-refractivity contribution in [1.82, 2.24) is 0 Å². The molecule has 4 atom stereocenters. The third-order valence-corrected chi connectivity index (χ3v) is 4.78. The number of carbonyl (C=O) groups is 2. The Morgan fingerprint density at radius 2 is 1.79 bits per heavy atom. The van der Waals surface area contributed by atoms with E-state index in [9.17, 15) is 24.9 Å². The number of hydrogen-bond acceptors (Lipinski definition) is 7. The number of ketones is 1. The lowest BCUT2D eigenvalue weighted by Gasteiger charge is -2.21. The Kier molecular flexibility index (Phi) is 6.99. The van der Waals surface area contributed by atoms with Crippen LogP contribution in [0.25, 0.3) is 6.08 Å². The highest BCUT2D eigenvalue weighted by Crippen LogP contribution is 2.30. The molecule has 0 radical (unpaired) electrons. The smallest absolute Gasteiger partial charge is 0.342 e. The Balaban J connectivity index is 2.53. The summed E-state index contributed by atoms with van der Waals surface area (Å²) in [6, 6.07) is 3.18. The summed E-state index contributed by atoms with van der Waals surface area (Å²) in [6.07, 6.45) is 2.38. The van der Waals surface area contributed by atoms with Crippen LogP contribution in [0.2, 0.25) is 0 Å². The number of hydrogen-bond donors (Lipinski definition) is 3. The van der Waals surface area contributed by atoms with Crippen LogP contribution in [0.1, 0.15) is 36.2 Å². The first-order chi connectivity index (χ1) is 13.1. The summed E-state index contributed by atoms with van der Waals surface area (Å²) in [6.45, 7) is 3.43. The Labute approximate surface area is 164 Å². The van der Waals surface area contributed by atoms with Gasteiger partial charge in [0.1, 0.15) is 23.5 Å². The SMILES string of the molecule is C[C@@H]1/C=C\C(=O)[C@@H](O)[C@@H](O)C/C=C/c2cc(N(C)C)cc(O)c2C(=O)O[C@H]1C. The number of cyclic esters (lactones) is 1. The van der Waals surface area contributed by atoms with Crippen LogP contribution in [0.3, 0.4) is 0 Å². The molecule has 7 heteroatoms. The quantitative estimate of drug-likeness (QED) is 0.630. The lowest BCUT2D eigenvalue weighted by atomic mass is 9.99. The van der Waals surface area contributed by atoms with E-state index in [2.05, 4.69) is 0 Å². The third-order valence-electron chi connectivity index (χ3n) is 4.78. The molecule has 0 saturated heterocycles. The molecule has 1 aromatic carbocycles. The highest BCUT2D eigenvalue weighted by Gasteiger charge is 2.25. The number of nitrogens with zero attached hydrogens (tertiary/aromatic N) is 1. The number of aliphatic hydroxyl groups excluding tert-OH is 2. The zero-order valence-corrected chi connectivity index (χ0v) is 16.5. The number of esters is 1. The van der Waals surface area contributed by atoms with E-state index >= 15 is 0 Å². The monoisotopic (exact) mass is 389 g/mol. The summed E-state index contributed by atoms with van der Waals surface area (Å²) >= 11 is 0. The van der Waals surface area contributed by atoms with E-state index in [4.69, 9.17) is 4.74 Å². The van der Waals surface area contributed by atoms with Gasteiger partial charge in [-0.25, -0.2) is 4.79 Å². The Morgan fingerprint density at radius 3 is 2.43 bits per heavy atom. The number of rotatable bonds is 1. The summed E-state index contributed by atoms with van der Waals surface area (Å²) in [5.74, 6) is -1.83. The predicted molar refractivity (Wildman–Crippen MR) is 106 cm³/mol. The summed E-state index contributed by atoms with van der Waals surface area (Å²) in [7, 11) is 3.60. The number of phenols is 1. The van der Waals surface area contributed by atoms with Crippen LogP contribution in [0.4, 0.5) is 5.69 Å². The second kappa shape index (κ2) is 9.03. The summed E-state index contributed by atoms with van der Waals surface area (Å²) in [5.41, 5.74) is 1.11. The number of anilines is 1. The minimum absolute atomic E-state index is 0.00581. The van der Waals surface area contributed by atoms with E-state index in [-0.39, 0.29) is 23.7 Å². The van der Waals surface area contributed by atoms with Gasteiger partial charge in [-0.2, -0.15) is 0 Å².